The largest absolute Gasteiger partial charge is 0.486 e. The minimum absolute atomic E-state index is 0.358. The van der Waals surface area contributed by atoms with Gasteiger partial charge in [-0.25, -0.2) is 0 Å². The van der Waals surface area contributed by atoms with Gasteiger partial charge in [0.05, 0.1) is 15.7 Å². The lowest BCUT2D eigenvalue weighted by molar-refractivity contribution is 0.363. The topological polar surface area (TPSA) is 21.6 Å². The Morgan fingerprint density at radius 1 is 1.14 bits per heavy atom. The monoisotopic (exact) mass is 333 g/mol. The van der Waals surface area contributed by atoms with Gasteiger partial charge in [-0.3, -0.25) is 4.99 Å². The molecule has 0 spiro atoms. The van der Waals surface area contributed by atoms with Gasteiger partial charge in [-0.2, -0.15) is 0 Å². The van der Waals surface area contributed by atoms with Gasteiger partial charge >= 0.3 is 0 Å². The first-order chi connectivity index (χ1) is 10.6. The Morgan fingerprint density at radius 2 is 1.77 bits per heavy atom. The first kappa shape index (κ1) is 16.6. The van der Waals surface area contributed by atoms with Crippen LogP contribution in [0.3, 0.4) is 0 Å². The van der Waals surface area contributed by atoms with Crippen molar-refractivity contribution in [1.82, 2.24) is 0 Å². The van der Waals surface area contributed by atoms with Gasteiger partial charge in [-0.1, -0.05) is 54.9 Å². The number of benzene rings is 2. The van der Waals surface area contributed by atoms with Gasteiger partial charge in [-0.15, -0.1) is 0 Å². The van der Waals surface area contributed by atoms with Gasteiger partial charge in [-0.05, 0) is 41.8 Å². The minimum atomic E-state index is 0.358. The number of halogens is 2. The predicted octanol–water partition coefficient (Wildman–Crippen LogP) is 5.87. The number of nitrogens with zero attached hydrogens (tertiary/aromatic N) is 1. The van der Waals surface area contributed by atoms with Gasteiger partial charge in [0, 0.05) is 6.21 Å². The minimum Gasteiger partial charge on any atom is -0.486 e. The summed E-state index contributed by atoms with van der Waals surface area (Å²) >= 11 is 12.4. The zero-order valence-electron chi connectivity index (χ0n) is 12.4. The Hall–Kier alpha value is -1.77. The average Bonchev–Trinajstić information content (AvgIpc) is 2.52. The molecule has 0 atom stereocenters. The molecule has 114 valence electrons. The van der Waals surface area contributed by atoms with Crippen molar-refractivity contribution in [3.8, 4) is 5.75 Å². The predicted molar refractivity (Wildman–Crippen MR) is 95.2 cm³/mol. The number of rotatable bonds is 6. The van der Waals surface area contributed by atoms with Crippen LogP contribution in [0, 0.1) is 0 Å². The third kappa shape index (κ3) is 4.36. The average molecular weight is 334 g/mol. The van der Waals surface area contributed by atoms with E-state index in [0.29, 0.717) is 22.4 Å². The maximum atomic E-state index is 6.19. The fourth-order valence-corrected chi connectivity index (χ4v) is 2.51. The van der Waals surface area contributed by atoms with Crippen molar-refractivity contribution in [3.63, 3.8) is 0 Å². The first-order valence-corrected chi connectivity index (χ1v) is 7.75. The van der Waals surface area contributed by atoms with Crippen molar-refractivity contribution in [2.75, 3.05) is 6.61 Å². The molecule has 0 saturated heterocycles. The molecule has 0 unspecified atom stereocenters. The van der Waals surface area contributed by atoms with E-state index in [1.807, 2.05) is 12.1 Å². The van der Waals surface area contributed by atoms with Gasteiger partial charge in [0.25, 0.3) is 0 Å². The molecule has 2 nitrogen and oxygen atoms in total. The molecule has 0 N–H and O–H groups in total. The summed E-state index contributed by atoms with van der Waals surface area (Å²) in [6.07, 6.45) is 4.39. The highest BCUT2D eigenvalue weighted by molar-refractivity contribution is 6.37. The smallest absolute Gasteiger partial charge is 0.156 e. The Balaban J connectivity index is 2.18. The summed E-state index contributed by atoms with van der Waals surface area (Å²) in [6, 6.07) is 11.7. The highest BCUT2D eigenvalue weighted by Gasteiger charge is 2.08. The Kier molecular flexibility index (Phi) is 6.05. The molecule has 2 aromatic rings. The number of ether oxygens (including phenoxy) is 1. The lowest BCUT2D eigenvalue weighted by atomic mass is 10.1. The molecule has 2 rings (SSSR count). The Labute approximate surface area is 141 Å². The lowest BCUT2D eigenvalue weighted by Crippen LogP contribution is -1.95. The molecule has 0 aromatic heterocycles. The third-order valence-corrected chi connectivity index (χ3v) is 3.63. The summed E-state index contributed by atoms with van der Waals surface area (Å²) in [4.78, 5) is 4.43. The lowest BCUT2D eigenvalue weighted by Gasteiger charge is -2.08. The van der Waals surface area contributed by atoms with Crippen molar-refractivity contribution in [3.05, 3.63) is 70.2 Å². The molecule has 0 amide bonds. The van der Waals surface area contributed by atoms with E-state index in [-0.39, 0.29) is 0 Å². The van der Waals surface area contributed by atoms with E-state index in [9.17, 15) is 0 Å². The van der Waals surface area contributed by atoms with Crippen molar-refractivity contribution in [2.45, 2.75) is 13.3 Å². The van der Waals surface area contributed by atoms with Crippen LogP contribution < -0.4 is 4.74 Å². The maximum absolute atomic E-state index is 6.19. The summed E-state index contributed by atoms with van der Waals surface area (Å²) in [5.41, 5.74) is 2.99. The van der Waals surface area contributed by atoms with Crippen LogP contribution in [0.25, 0.3) is 0 Å². The fourth-order valence-electron chi connectivity index (χ4n) is 1.90. The van der Waals surface area contributed by atoms with E-state index in [4.69, 9.17) is 27.9 Å². The van der Waals surface area contributed by atoms with Crippen LogP contribution in [-0.2, 0) is 6.42 Å². The molecule has 0 radical (unpaired) electrons. The van der Waals surface area contributed by atoms with Crippen LogP contribution in [-0.4, -0.2) is 12.8 Å². The van der Waals surface area contributed by atoms with Crippen LogP contribution in [0.2, 0.25) is 10.0 Å². The van der Waals surface area contributed by atoms with E-state index in [2.05, 4.69) is 30.6 Å². The number of aryl methyl sites for hydroxylation is 1. The van der Waals surface area contributed by atoms with Gasteiger partial charge in [0.15, 0.2) is 5.75 Å². The summed E-state index contributed by atoms with van der Waals surface area (Å²) < 4.78 is 5.43. The van der Waals surface area contributed by atoms with Crippen molar-refractivity contribution in [1.29, 1.82) is 0 Å². The normalized spacial score (nSPS) is 10.9. The zero-order valence-corrected chi connectivity index (χ0v) is 13.9. The molecular weight excluding hydrogens is 317 g/mol. The van der Waals surface area contributed by atoms with Crippen LogP contribution >= 0.6 is 23.2 Å². The van der Waals surface area contributed by atoms with Crippen LogP contribution in [0.1, 0.15) is 18.1 Å². The summed E-state index contributed by atoms with van der Waals surface area (Å²) in [7, 11) is 0. The van der Waals surface area contributed by atoms with E-state index in [1.165, 1.54) is 5.56 Å². The molecule has 0 saturated carbocycles. The van der Waals surface area contributed by atoms with Crippen LogP contribution in [0.15, 0.2) is 54.0 Å². The second kappa shape index (κ2) is 8.02. The molecule has 0 bridgehead atoms. The molecule has 0 aliphatic heterocycles. The summed E-state index contributed by atoms with van der Waals surface area (Å²) in [6.45, 7) is 6.08. The molecule has 0 heterocycles. The standard InChI is InChI=1S/C18H17Cl2NO/c1-3-9-22-18-16(19)10-14(11-17(18)20)12-21-15-7-5-13(4-2)6-8-15/h3,5-8,10-12H,1,4,9H2,2H3. The summed E-state index contributed by atoms with van der Waals surface area (Å²) in [5.74, 6) is 0.465. The first-order valence-electron chi connectivity index (χ1n) is 6.99. The van der Waals surface area contributed by atoms with Gasteiger partial charge in [0.2, 0.25) is 0 Å². The Morgan fingerprint density at radius 3 is 2.32 bits per heavy atom. The molecule has 0 aliphatic rings. The zero-order chi connectivity index (χ0) is 15.9. The van der Waals surface area contributed by atoms with E-state index in [1.54, 1.807) is 24.4 Å². The quantitative estimate of drug-likeness (QED) is 0.478. The number of hydrogen-bond donors (Lipinski definition) is 0. The maximum Gasteiger partial charge on any atom is 0.156 e. The third-order valence-electron chi connectivity index (χ3n) is 3.07. The second-order valence-electron chi connectivity index (χ2n) is 4.69. The molecule has 4 heteroatoms. The molecule has 22 heavy (non-hydrogen) atoms. The molecular formula is C18H17Cl2NO. The van der Waals surface area contributed by atoms with Crippen LogP contribution in [0.5, 0.6) is 5.75 Å². The van der Waals surface area contributed by atoms with Crippen molar-refractivity contribution in [2.24, 2.45) is 4.99 Å². The van der Waals surface area contributed by atoms with Crippen LogP contribution in [0.4, 0.5) is 5.69 Å². The number of hydrogen-bond acceptors (Lipinski definition) is 2. The van der Waals surface area contributed by atoms with E-state index >= 15 is 0 Å². The second-order valence-corrected chi connectivity index (χ2v) is 5.51. The van der Waals surface area contributed by atoms with E-state index in [0.717, 1.165) is 17.7 Å². The molecule has 0 fully saturated rings. The highest BCUT2D eigenvalue weighted by Crippen LogP contribution is 2.34. The van der Waals surface area contributed by atoms with E-state index < -0.39 is 0 Å². The number of aliphatic imine (C=N–C) groups is 1. The van der Waals surface area contributed by atoms with Crippen molar-refractivity contribution < 1.29 is 4.74 Å². The molecule has 0 aliphatic carbocycles. The van der Waals surface area contributed by atoms with Gasteiger partial charge in [0.1, 0.15) is 6.61 Å². The Bertz CT molecular complexity index is 655. The fraction of sp³-hybridized carbons (Fsp3) is 0.167. The highest BCUT2D eigenvalue weighted by atomic mass is 35.5. The van der Waals surface area contributed by atoms with Crippen molar-refractivity contribution >= 4 is 35.1 Å². The summed E-state index contributed by atoms with van der Waals surface area (Å²) in [5, 5.41) is 0.911. The SMILES string of the molecule is C=CCOc1c(Cl)cc(C=Nc2ccc(CC)cc2)cc1Cl. The molecule has 2 aromatic carbocycles. The van der Waals surface area contributed by atoms with Gasteiger partial charge < -0.3 is 4.74 Å².